The van der Waals surface area contributed by atoms with E-state index >= 15 is 0 Å². The summed E-state index contributed by atoms with van der Waals surface area (Å²) in [4.78, 5) is 15.1. The molecule has 2 atom stereocenters. The van der Waals surface area contributed by atoms with Crippen molar-refractivity contribution in [3.8, 4) is 5.75 Å². The molecular formula is C19H24N4O. The third kappa shape index (κ3) is 2.58. The van der Waals surface area contributed by atoms with Crippen molar-refractivity contribution in [3.63, 3.8) is 0 Å². The first-order valence-corrected chi connectivity index (χ1v) is 8.80. The molecule has 0 bridgehead atoms. The van der Waals surface area contributed by atoms with E-state index in [1.54, 1.807) is 6.33 Å². The zero-order valence-corrected chi connectivity index (χ0v) is 14.5. The number of rotatable bonds is 3. The van der Waals surface area contributed by atoms with Crippen molar-refractivity contribution in [2.45, 2.75) is 27.2 Å². The molecule has 2 aromatic heterocycles. The van der Waals surface area contributed by atoms with Crippen LogP contribution in [0.1, 0.15) is 27.2 Å². The van der Waals surface area contributed by atoms with Crippen LogP contribution < -0.4 is 9.64 Å². The Morgan fingerprint density at radius 2 is 2.00 bits per heavy atom. The second-order valence-electron chi connectivity index (χ2n) is 7.04. The van der Waals surface area contributed by atoms with E-state index in [4.69, 9.17) is 4.74 Å². The Hall–Kier alpha value is -2.30. The Kier molecular flexibility index (Phi) is 3.79. The zero-order chi connectivity index (χ0) is 16.7. The van der Waals surface area contributed by atoms with Crippen LogP contribution in [0.5, 0.6) is 5.75 Å². The lowest BCUT2D eigenvalue weighted by molar-refractivity contribution is 0.341. The fourth-order valence-electron chi connectivity index (χ4n) is 3.99. The second-order valence-corrected chi connectivity index (χ2v) is 7.04. The number of hydrogen-bond acceptors (Lipinski definition) is 4. The number of hydrogen-bond donors (Lipinski definition) is 1. The topological polar surface area (TPSA) is 54.0 Å². The van der Waals surface area contributed by atoms with Gasteiger partial charge >= 0.3 is 0 Å². The van der Waals surface area contributed by atoms with Crippen molar-refractivity contribution in [2.75, 3.05) is 24.6 Å². The predicted molar refractivity (Wildman–Crippen MR) is 97.7 cm³/mol. The van der Waals surface area contributed by atoms with Crippen LogP contribution in [0, 0.1) is 11.8 Å². The van der Waals surface area contributed by atoms with Gasteiger partial charge in [-0.3, -0.25) is 0 Å². The van der Waals surface area contributed by atoms with E-state index in [9.17, 15) is 0 Å². The normalized spacial score (nSPS) is 21.5. The standard InChI is InChI=1S/C19H24N4O/c1-4-24-14-5-6-16-15(8-14)17-18(22-16)19(21-11-20-17)23-9-12(2)7-13(3)10-23/h5-6,8,11-13,22H,4,7,9-10H2,1-3H3. The van der Waals surface area contributed by atoms with Crippen LogP contribution in [-0.4, -0.2) is 34.6 Å². The summed E-state index contributed by atoms with van der Waals surface area (Å²) in [7, 11) is 0. The summed E-state index contributed by atoms with van der Waals surface area (Å²) in [5.41, 5.74) is 3.08. The van der Waals surface area contributed by atoms with Crippen LogP contribution in [0.25, 0.3) is 21.9 Å². The molecule has 5 nitrogen and oxygen atoms in total. The average Bonchev–Trinajstić information content (AvgIpc) is 2.92. The van der Waals surface area contributed by atoms with Crippen LogP contribution in [0.4, 0.5) is 5.82 Å². The number of benzene rings is 1. The van der Waals surface area contributed by atoms with Gasteiger partial charge in [0.15, 0.2) is 5.82 Å². The van der Waals surface area contributed by atoms with Gasteiger partial charge in [0.05, 0.1) is 6.61 Å². The first-order valence-electron chi connectivity index (χ1n) is 8.80. The van der Waals surface area contributed by atoms with Crippen molar-refractivity contribution in [3.05, 3.63) is 24.5 Å². The quantitative estimate of drug-likeness (QED) is 0.791. The molecule has 1 aliphatic heterocycles. The minimum Gasteiger partial charge on any atom is -0.494 e. The van der Waals surface area contributed by atoms with Crippen LogP contribution in [0.3, 0.4) is 0 Å². The number of H-pyrrole nitrogens is 1. The number of aromatic nitrogens is 3. The molecule has 0 saturated carbocycles. The number of nitrogens with zero attached hydrogens (tertiary/aromatic N) is 3. The highest BCUT2D eigenvalue weighted by molar-refractivity contribution is 6.08. The molecule has 1 saturated heterocycles. The Bertz CT molecular complexity index is 862. The second kappa shape index (κ2) is 5.96. The third-order valence-electron chi connectivity index (χ3n) is 4.81. The van der Waals surface area contributed by atoms with E-state index < -0.39 is 0 Å². The number of ether oxygens (including phenoxy) is 1. The molecule has 0 aliphatic carbocycles. The molecule has 5 heteroatoms. The number of nitrogens with one attached hydrogen (secondary N) is 1. The van der Waals surface area contributed by atoms with Gasteiger partial charge in [0.2, 0.25) is 0 Å². The van der Waals surface area contributed by atoms with E-state index in [1.807, 2.05) is 13.0 Å². The summed E-state index contributed by atoms with van der Waals surface area (Å²) in [5.74, 6) is 3.28. The number of fused-ring (bicyclic) bond motifs is 3. The Morgan fingerprint density at radius 3 is 2.75 bits per heavy atom. The first-order chi connectivity index (χ1) is 11.7. The monoisotopic (exact) mass is 324 g/mol. The fraction of sp³-hybridized carbons (Fsp3) is 0.474. The Morgan fingerprint density at radius 1 is 1.21 bits per heavy atom. The lowest BCUT2D eigenvalue weighted by atomic mass is 9.92. The lowest BCUT2D eigenvalue weighted by Crippen LogP contribution is -2.39. The minimum absolute atomic E-state index is 0.664. The van der Waals surface area contributed by atoms with Gasteiger partial charge in [0, 0.05) is 24.0 Å². The summed E-state index contributed by atoms with van der Waals surface area (Å²) >= 11 is 0. The average molecular weight is 324 g/mol. The largest absolute Gasteiger partial charge is 0.494 e. The highest BCUT2D eigenvalue weighted by atomic mass is 16.5. The molecule has 3 heterocycles. The molecular weight excluding hydrogens is 300 g/mol. The van der Waals surface area contributed by atoms with Gasteiger partial charge in [-0.05, 0) is 43.4 Å². The molecule has 1 aromatic carbocycles. The molecule has 0 spiro atoms. The molecule has 126 valence electrons. The van der Waals surface area contributed by atoms with Gasteiger partial charge in [-0.1, -0.05) is 13.8 Å². The van der Waals surface area contributed by atoms with Gasteiger partial charge in [-0.25, -0.2) is 9.97 Å². The summed E-state index contributed by atoms with van der Waals surface area (Å²) in [6.45, 7) is 9.41. The maximum Gasteiger partial charge on any atom is 0.156 e. The van der Waals surface area contributed by atoms with Crippen LogP contribution in [0.15, 0.2) is 24.5 Å². The molecule has 1 fully saturated rings. The van der Waals surface area contributed by atoms with Crippen LogP contribution >= 0.6 is 0 Å². The first kappa shape index (κ1) is 15.2. The number of piperidine rings is 1. The van der Waals surface area contributed by atoms with Crippen LogP contribution in [-0.2, 0) is 0 Å². The van der Waals surface area contributed by atoms with Gasteiger partial charge in [0.1, 0.15) is 23.1 Å². The molecule has 1 aliphatic rings. The van der Waals surface area contributed by atoms with Crippen molar-refractivity contribution in [1.82, 2.24) is 15.0 Å². The van der Waals surface area contributed by atoms with E-state index in [0.29, 0.717) is 18.4 Å². The lowest BCUT2D eigenvalue weighted by Gasteiger charge is -2.35. The van der Waals surface area contributed by atoms with E-state index in [0.717, 1.165) is 46.6 Å². The van der Waals surface area contributed by atoms with E-state index in [2.05, 4.69) is 45.8 Å². The van der Waals surface area contributed by atoms with Crippen molar-refractivity contribution in [2.24, 2.45) is 11.8 Å². The summed E-state index contributed by atoms with van der Waals surface area (Å²) in [6.07, 6.45) is 2.97. The fourth-order valence-corrected chi connectivity index (χ4v) is 3.99. The SMILES string of the molecule is CCOc1ccc2[nH]c3c(N4CC(C)CC(C)C4)ncnc3c2c1. The van der Waals surface area contributed by atoms with Crippen LogP contribution in [0.2, 0.25) is 0 Å². The molecule has 3 aromatic rings. The summed E-state index contributed by atoms with van der Waals surface area (Å²) in [5, 5.41) is 1.10. The van der Waals surface area contributed by atoms with Crippen molar-refractivity contribution < 1.29 is 4.74 Å². The van der Waals surface area contributed by atoms with Gasteiger partial charge in [-0.15, -0.1) is 0 Å². The smallest absolute Gasteiger partial charge is 0.156 e. The highest BCUT2D eigenvalue weighted by Crippen LogP contribution is 2.33. The maximum atomic E-state index is 5.64. The van der Waals surface area contributed by atoms with E-state index in [-0.39, 0.29) is 0 Å². The number of anilines is 1. The summed E-state index contributed by atoms with van der Waals surface area (Å²) in [6, 6.07) is 6.13. The van der Waals surface area contributed by atoms with Gasteiger partial charge < -0.3 is 14.6 Å². The molecule has 0 radical (unpaired) electrons. The third-order valence-corrected chi connectivity index (χ3v) is 4.81. The molecule has 0 amide bonds. The van der Waals surface area contributed by atoms with Crippen molar-refractivity contribution >= 4 is 27.8 Å². The Labute approximate surface area is 142 Å². The summed E-state index contributed by atoms with van der Waals surface area (Å²) < 4.78 is 5.64. The molecule has 2 unspecified atom stereocenters. The highest BCUT2D eigenvalue weighted by Gasteiger charge is 2.25. The predicted octanol–water partition coefficient (Wildman–Crippen LogP) is 3.99. The minimum atomic E-state index is 0.664. The number of aromatic amines is 1. The van der Waals surface area contributed by atoms with Gasteiger partial charge in [-0.2, -0.15) is 0 Å². The Balaban J connectivity index is 1.83. The van der Waals surface area contributed by atoms with Gasteiger partial charge in [0.25, 0.3) is 0 Å². The molecule has 1 N–H and O–H groups in total. The maximum absolute atomic E-state index is 5.64. The zero-order valence-electron chi connectivity index (χ0n) is 14.5. The molecule has 4 rings (SSSR count). The van der Waals surface area contributed by atoms with E-state index in [1.165, 1.54) is 6.42 Å². The van der Waals surface area contributed by atoms with Crippen molar-refractivity contribution in [1.29, 1.82) is 0 Å². The molecule has 24 heavy (non-hydrogen) atoms.